The highest BCUT2D eigenvalue weighted by atomic mass is 19.1. The van der Waals surface area contributed by atoms with Gasteiger partial charge in [0.05, 0.1) is 5.52 Å². The van der Waals surface area contributed by atoms with Crippen LogP contribution in [0.2, 0.25) is 0 Å². The van der Waals surface area contributed by atoms with Gasteiger partial charge in [-0.05, 0) is 61.7 Å². The van der Waals surface area contributed by atoms with Crippen LogP contribution in [0, 0.1) is 19.7 Å². The molecule has 1 aliphatic heterocycles. The number of hydrogen-bond donors (Lipinski definition) is 0. The van der Waals surface area contributed by atoms with Gasteiger partial charge < -0.3 is 4.90 Å². The van der Waals surface area contributed by atoms with Crippen molar-refractivity contribution in [1.29, 1.82) is 0 Å². The number of benzene rings is 1. The number of ketones is 1. The number of aromatic nitrogens is 1. The lowest BCUT2D eigenvalue weighted by atomic mass is 10.1. The number of pyridine rings is 2. The summed E-state index contributed by atoms with van der Waals surface area (Å²) in [6.45, 7) is 6.34. The second-order valence-corrected chi connectivity index (χ2v) is 6.97. The normalized spacial score (nSPS) is 13.3. The summed E-state index contributed by atoms with van der Waals surface area (Å²) in [4.78, 5) is 27.1. The van der Waals surface area contributed by atoms with Gasteiger partial charge in [-0.15, -0.1) is 0 Å². The molecule has 0 N–H and O–H groups in total. The zero-order chi connectivity index (χ0) is 18.6. The Hall–Kier alpha value is -2.95. The lowest BCUT2D eigenvalue weighted by Crippen LogP contribution is -2.24. The van der Waals surface area contributed by atoms with Gasteiger partial charge in [0.2, 0.25) is 0 Å². The number of fused-ring (bicyclic) bond motifs is 2. The quantitative estimate of drug-likeness (QED) is 0.661. The van der Waals surface area contributed by atoms with Gasteiger partial charge in [-0.3, -0.25) is 14.0 Å². The SMILES string of the molecule is CC(=O)c1cc(C)cn2c(=O)c(C)c(N3Cc4ccc(F)cc4C3)cc12. The largest absolute Gasteiger partial charge is 0.362 e. The zero-order valence-electron chi connectivity index (χ0n) is 15.0. The van der Waals surface area contributed by atoms with E-state index in [4.69, 9.17) is 0 Å². The second kappa shape index (κ2) is 5.80. The van der Waals surface area contributed by atoms with Crippen LogP contribution >= 0.6 is 0 Å². The molecule has 0 bridgehead atoms. The second-order valence-electron chi connectivity index (χ2n) is 6.97. The van der Waals surface area contributed by atoms with Crippen LogP contribution in [-0.2, 0) is 13.1 Å². The first-order chi connectivity index (χ1) is 12.3. The number of anilines is 1. The minimum Gasteiger partial charge on any atom is -0.362 e. The average molecular weight is 350 g/mol. The van der Waals surface area contributed by atoms with E-state index in [2.05, 4.69) is 4.90 Å². The van der Waals surface area contributed by atoms with Crippen LogP contribution < -0.4 is 10.5 Å². The van der Waals surface area contributed by atoms with E-state index in [0.717, 1.165) is 22.4 Å². The fourth-order valence-electron chi connectivity index (χ4n) is 3.73. The molecule has 3 aromatic rings. The van der Waals surface area contributed by atoms with E-state index < -0.39 is 0 Å². The summed E-state index contributed by atoms with van der Waals surface area (Å²) in [5, 5.41) is 0. The molecular weight excluding hydrogens is 331 g/mol. The molecular formula is C21H19FN2O2. The van der Waals surface area contributed by atoms with E-state index in [0.29, 0.717) is 29.7 Å². The predicted octanol–water partition coefficient (Wildman–Crippen LogP) is 3.78. The van der Waals surface area contributed by atoms with Crippen molar-refractivity contribution in [3.05, 3.63) is 80.5 Å². The maximum absolute atomic E-state index is 13.5. The minimum absolute atomic E-state index is 0.0767. The molecule has 5 heteroatoms. The Balaban J connectivity index is 1.91. The van der Waals surface area contributed by atoms with Gasteiger partial charge in [0.15, 0.2) is 5.78 Å². The summed E-state index contributed by atoms with van der Waals surface area (Å²) in [5.74, 6) is -0.331. The molecule has 0 spiro atoms. The summed E-state index contributed by atoms with van der Waals surface area (Å²) in [6.07, 6.45) is 1.76. The number of carbonyl (C=O) groups is 1. The summed E-state index contributed by atoms with van der Waals surface area (Å²) in [5.41, 5.74) is 5.27. The lowest BCUT2D eigenvalue weighted by molar-refractivity contribution is 0.101. The van der Waals surface area contributed by atoms with E-state index in [-0.39, 0.29) is 17.2 Å². The Morgan fingerprint density at radius 2 is 1.81 bits per heavy atom. The van der Waals surface area contributed by atoms with Crippen LogP contribution in [0.25, 0.3) is 5.52 Å². The smallest absolute Gasteiger partial charge is 0.260 e. The van der Waals surface area contributed by atoms with Crippen LogP contribution in [0.1, 0.15) is 39.5 Å². The first kappa shape index (κ1) is 16.5. The molecule has 3 heterocycles. The molecule has 132 valence electrons. The Morgan fingerprint density at radius 3 is 2.54 bits per heavy atom. The summed E-state index contributed by atoms with van der Waals surface area (Å²) in [6, 6.07) is 8.50. The van der Waals surface area contributed by atoms with E-state index in [1.165, 1.54) is 13.0 Å². The number of aryl methyl sites for hydroxylation is 1. The van der Waals surface area contributed by atoms with Crippen LogP contribution in [-0.4, -0.2) is 10.2 Å². The van der Waals surface area contributed by atoms with E-state index in [1.54, 1.807) is 29.7 Å². The van der Waals surface area contributed by atoms with Crippen LogP contribution in [0.4, 0.5) is 10.1 Å². The van der Waals surface area contributed by atoms with E-state index in [1.807, 2.05) is 19.1 Å². The van der Waals surface area contributed by atoms with Crippen LogP contribution in [0.3, 0.4) is 0 Å². The molecule has 4 nitrogen and oxygen atoms in total. The number of rotatable bonds is 2. The lowest BCUT2D eigenvalue weighted by Gasteiger charge is -2.21. The number of carbonyl (C=O) groups excluding carboxylic acids is 1. The number of Topliss-reactive ketones (excluding diaryl/α,β-unsaturated/α-hetero) is 1. The summed E-state index contributed by atoms with van der Waals surface area (Å²) >= 11 is 0. The van der Waals surface area contributed by atoms with Crippen molar-refractivity contribution in [3.63, 3.8) is 0 Å². The Kier molecular flexibility index (Phi) is 3.68. The molecule has 0 aliphatic carbocycles. The highest BCUT2D eigenvalue weighted by Crippen LogP contribution is 2.31. The molecule has 0 saturated carbocycles. The first-order valence-electron chi connectivity index (χ1n) is 8.55. The molecule has 4 rings (SSSR count). The van der Waals surface area contributed by atoms with Gasteiger partial charge in [0, 0.05) is 36.1 Å². The van der Waals surface area contributed by atoms with E-state index in [9.17, 15) is 14.0 Å². The molecule has 0 unspecified atom stereocenters. The number of nitrogens with zero attached hydrogens (tertiary/aromatic N) is 2. The Morgan fingerprint density at radius 1 is 1.08 bits per heavy atom. The molecule has 1 aliphatic rings. The average Bonchev–Trinajstić information content (AvgIpc) is 3.00. The first-order valence-corrected chi connectivity index (χ1v) is 8.55. The number of halogens is 1. The third-order valence-electron chi connectivity index (χ3n) is 5.05. The molecule has 0 radical (unpaired) electrons. The minimum atomic E-state index is -0.254. The van der Waals surface area contributed by atoms with Crippen molar-refractivity contribution >= 4 is 17.0 Å². The standard InChI is InChI=1S/C21H19FN2O2/c1-12-6-18(14(3)25)20-8-19(13(2)21(26)24(20)9-12)23-10-15-4-5-17(22)7-16(15)11-23/h4-9H,10-11H2,1-3H3. The molecule has 2 aromatic heterocycles. The topological polar surface area (TPSA) is 41.8 Å². The zero-order valence-corrected chi connectivity index (χ0v) is 15.0. The number of hydrogen-bond acceptors (Lipinski definition) is 3. The predicted molar refractivity (Wildman–Crippen MR) is 99.4 cm³/mol. The third-order valence-corrected chi connectivity index (χ3v) is 5.05. The highest BCUT2D eigenvalue weighted by molar-refractivity contribution is 6.01. The van der Waals surface area contributed by atoms with Crippen molar-refractivity contribution in [2.24, 2.45) is 0 Å². The van der Waals surface area contributed by atoms with Gasteiger partial charge in [-0.2, -0.15) is 0 Å². The van der Waals surface area contributed by atoms with Gasteiger partial charge >= 0.3 is 0 Å². The van der Waals surface area contributed by atoms with Crippen molar-refractivity contribution in [3.8, 4) is 0 Å². The molecule has 1 aromatic carbocycles. The molecule has 0 saturated heterocycles. The van der Waals surface area contributed by atoms with Crippen LogP contribution in [0.15, 0.2) is 41.3 Å². The van der Waals surface area contributed by atoms with Crippen molar-refractivity contribution in [2.45, 2.75) is 33.9 Å². The Labute approximate surface area is 150 Å². The van der Waals surface area contributed by atoms with Gasteiger partial charge in [-0.25, -0.2) is 4.39 Å². The fourth-order valence-corrected chi connectivity index (χ4v) is 3.73. The summed E-state index contributed by atoms with van der Waals surface area (Å²) < 4.78 is 15.1. The van der Waals surface area contributed by atoms with Crippen molar-refractivity contribution in [1.82, 2.24) is 4.40 Å². The summed E-state index contributed by atoms with van der Waals surface area (Å²) in [7, 11) is 0. The van der Waals surface area contributed by atoms with Crippen molar-refractivity contribution in [2.75, 3.05) is 4.90 Å². The maximum Gasteiger partial charge on any atom is 0.260 e. The van der Waals surface area contributed by atoms with Crippen molar-refractivity contribution < 1.29 is 9.18 Å². The Bertz CT molecular complexity index is 1130. The molecule has 26 heavy (non-hydrogen) atoms. The van der Waals surface area contributed by atoms with Gasteiger partial charge in [0.1, 0.15) is 5.82 Å². The molecule has 0 atom stereocenters. The van der Waals surface area contributed by atoms with Crippen LogP contribution in [0.5, 0.6) is 0 Å². The highest BCUT2D eigenvalue weighted by Gasteiger charge is 2.23. The molecule has 0 fully saturated rings. The van der Waals surface area contributed by atoms with E-state index >= 15 is 0 Å². The maximum atomic E-state index is 13.5. The monoisotopic (exact) mass is 350 g/mol. The third kappa shape index (κ3) is 2.51. The fraction of sp³-hybridized carbons (Fsp3) is 0.238. The molecule has 0 amide bonds. The van der Waals surface area contributed by atoms with Gasteiger partial charge in [-0.1, -0.05) is 6.07 Å². The van der Waals surface area contributed by atoms with Gasteiger partial charge in [0.25, 0.3) is 5.56 Å².